The highest BCUT2D eigenvalue weighted by Crippen LogP contribution is 2.60. The molecule has 2 aromatic rings. The molecule has 3 rings (SSSR count). The third kappa shape index (κ3) is 1.07. The lowest BCUT2D eigenvalue weighted by atomic mass is 9.97. The van der Waals surface area contributed by atoms with Crippen LogP contribution in [-0.4, -0.2) is 9.97 Å². The van der Waals surface area contributed by atoms with E-state index in [0.29, 0.717) is 0 Å². The first-order chi connectivity index (χ1) is 7.03. The van der Waals surface area contributed by atoms with Crippen LogP contribution in [0.1, 0.15) is 25.8 Å². The second-order valence-corrected chi connectivity index (χ2v) is 5.17. The van der Waals surface area contributed by atoms with Crippen LogP contribution in [-0.2, 0) is 5.54 Å². The van der Waals surface area contributed by atoms with Gasteiger partial charge in [-0.25, -0.2) is 4.98 Å². The molecule has 3 heteroatoms. The molecule has 1 atom stereocenters. The fourth-order valence-corrected chi connectivity index (χ4v) is 2.36. The first-order valence-corrected chi connectivity index (χ1v) is 5.25. The highest BCUT2D eigenvalue weighted by molar-refractivity contribution is 5.75. The summed E-state index contributed by atoms with van der Waals surface area (Å²) in [7, 11) is 0. The van der Waals surface area contributed by atoms with Gasteiger partial charge in [0.15, 0.2) is 0 Å². The number of aromatic amines is 1. The summed E-state index contributed by atoms with van der Waals surface area (Å²) >= 11 is 0. The van der Waals surface area contributed by atoms with E-state index in [4.69, 9.17) is 5.73 Å². The third-order valence-corrected chi connectivity index (χ3v) is 3.74. The van der Waals surface area contributed by atoms with Gasteiger partial charge in [0.1, 0.15) is 0 Å². The second-order valence-electron chi connectivity index (χ2n) is 5.17. The summed E-state index contributed by atoms with van der Waals surface area (Å²) in [6.45, 7) is 4.42. The first kappa shape index (κ1) is 8.92. The van der Waals surface area contributed by atoms with Gasteiger partial charge in [-0.2, -0.15) is 0 Å². The number of nitrogens with one attached hydrogen (secondary N) is 1. The van der Waals surface area contributed by atoms with Crippen LogP contribution < -0.4 is 5.73 Å². The Kier molecular flexibility index (Phi) is 1.44. The zero-order chi connectivity index (χ0) is 10.7. The molecule has 78 valence electrons. The van der Waals surface area contributed by atoms with E-state index in [2.05, 4.69) is 35.9 Å². The highest BCUT2D eigenvalue weighted by atomic mass is 14.9. The molecule has 0 saturated heterocycles. The highest BCUT2D eigenvalue weighted by Gasteiger charge is 2.59. The zero-order valence-electron chi connectivity index (χ0n) is 9.04. The fourth-order valence-electron chi connectivity index (χ4n) is 2.36. The van der Waals surface area contributed by atoms with Crippen LogP contribution in [0.15, 0.2) is 24.5 Å². The summed E-state index contributed by atoms with van der Waals surface area (Å²) in [4.78, 5) is 7.32. The van der Waals surface area contributed by atoms with Gasteiger partial charge in [0, 0.05) is 5.54 Å². The normalized spacial score (nSPS) is 28.2. The lowest BCUT2D eigenvalue weighted by molar-refractivity contribution is 0.510. The molecular formula is C12H15N3. The Hall–Kier alpha value is -1.35. The number of rotatable bonds is 1. The van der Waals surface area contributed by atoms with Crippen molar-refractivity contribution in [1.29, 1.82) is 0 Å². The summed E-state index contributed by atoms with van der Waals surface area (Å²) in [5, 5.41) is 0. The summed E-state index contributed by atoms with van der Waals surface area (Å²) in [6, 6.07) is 6.25. The van der Waals surface area contributed by atoms with Gasteiger partial charge in [-0.3, -0.25) is 0 Å². The Morgan fingerprint density at radius 2 is 2.13 bits per heavy atom. The van der Waals surface area contributed by atoms with Crippen molar-refractivity contribution < 1.29 is 0 Å². The van der Waals surface area contributed by atoms with E-state index in [0.717, 1.165) is 17.5 Å². The van der Waals surface area contributed by atoms with E-state index in [1.807, 2.05) is 6.07 Å². The lowest BCUT2D eigenvalue weighted by Gasteiger charge is -2.15. The molecule has 1 aromatic heterocycles. The van der Waals surface area contributed by atoms with Crippen molar-refractivity contribution >= 4 is 11.0 Å². The molecule has 0 aliphatic heterocycles. The maximum atomic E-state index is 6.37. The number of nitrogens with two attached hydrogens (primary N) is 1. The molecule has 15 heavy (non-hydrogen) atoms. The first-order valence-electron chi connectivity index (χ1n) is 5.25. The van der Waals surface area contributed by atoms with E-state index in [-0.39, 0.29) is 11.0 Å². The maximum Gasteiger partial charge on any atom is 0.0931 e. The van der Waals surface area contributed by atoms with Crippen molar-refractivity contribution in [2.75, 3.05) is 0 Å². The molecule has 0 spiro atoms. The molecule has 0 amide bonds. The van der Waals surface area contributed by atoms with Gasteiger partial charge in [0.25, 0.3) is 0 Å². The molecule has 1 heterocycles. The van der Waals surface area contributed by atoms with Crippen LogP contribution >= 0.6 is 0 Å². The van der Waals surface area contributed by atoms with Crippen LogP contribution in [0.4, 0.5) is 0 Å². The number of imidazole rings is 1. The van der Waals surface area contributed by atoms with Crippen molar-refractivity contribution in [1.82, 2.24) is 9.97 Å². The number of benzene rings is 1. The van der Waals surface area contributed by atoms with Crippen molar-refractivity contribution in [3.8, 4) is 0 Å². The molecule has 3 N–H and O–H groups in total. The maximum absolute atomic E-state index is 6.37. The Morgan fingerprint density at radius 1 is 1.40 bits per heavy atom. The molecule has 0 radical (unpaired) electrons. The van der Waals surface area contributed by atoms with Gasteiger partial charge in [0.2, 0.25) is 0 Å². The fraction of sp³-hybridized carbons (Fsp3) is 0.417. The van der Waals surface area contributed by atoms with Gasteiger partial charge >= 0.3 is 0 Å². The number of hydrogen-bond acceptors (Lipinski definition) is 2. The van der Waals surface area contributed by atoms with Crippen molar-refractivity contribution in [2.24, 2.45) is 11.1 Å². The molecule has 1 fully saturated rings. The molecule has 3 nitrogen and oxygen atoms in total. The summed E-state index contributed by atoms with van der Waals surface area (Å²) < 4.78 is 0. The predicted molar refractivity (Wildman–Crippen MR) is 60.4 cm³/mol. The summed E-state index contributed by atoms with van der Waals surface area (Å²) in [6.07, 6.45) is 2.77. The Morgan fingerprint density at radius 3 is 2.80 bits per heavy atom. The van der Waals surface area contributed by atoms with Gasteiger partial charge in [-0.05, 0) is 29.5 Å². The zero-order valence-corrected chi connectivity index (χ0v) is 9.04. The van der Waals surface area contributed by atoms with Crippen LogP contribution in [0, 0.1) is 5.41 Å². The van der Waals surface area contributed by atoms with Crippen molar-refractivity contribution in [3.05, 3.63) is 30.1 Å². The minimum absolute atomic E-state index is 0.147. The minimum Gasteiger partial charge on any atom is -0.345 e. The molecule has 1 unspecified atom stereocenters. The van der Waals surface area contributed by atoms with Crippen LogP contribution in [0.2, 0.25) is 0 Å². The van der Waals surface area contributed by atoms with E-state index in [1.165, 1.54) is 5.56 Å². The van der Waals surface area contributed by atoms with E-state index >= 15 is 0 Å². The molecule has 1 aliphatic rings. The topological polar surface area (TPSA) is 54.7 Å². The number of fused-ring (bicyclic) bond motifs is 1. The van der Waals surface area contributed by atoms with Gasteiger partial charge in [0.05, 0.1) is 17.4 Å². The van der Waals surface area contributed by atoms with Gasteiger partial charge in [-0.1, -0.05) is 19.9 Å². The SMILES string of the molecule is CC1(C)CC1(N)c1ccc2nc[nH]c2c1. The third-order valence-electron chi connectivity index (χ3n) is 3.74. The van der Waals surface area contributed by atoms with Crippen LogP contribution in [0.5, 0.6) is 0 Å². The quantitative estimate of drug-likeness (QED) is 0.742. The number of nitrogens with zero attached hydrogens (tertiary/aromatic N) is 1. The van der Waals surface area contributed by atoms with Crippen LogP contribution in [0.25, 0.3) is 11.0 Å². The Balaban J connectivity index is 2.13. The van der Waals surface area contributed by atoms with Crippen molar-refractivity contribution in [2.45, 2.75) is 25.8 Å². The van der Waals surface area contributed by atoms with E-state index in [9.17, 15) is 0 Å². The summed E-state index contributed by atoms with van der Waals surface area (Å²) in [5.74, 6) is 0. The average molecular weight is 201 g/mol. The number of aromatic nitrogens is 2. The van der Waals surface area contributed by atoms with Gasteiger partial charge < -0.3 is 10.7 Å². The van der Waals surface area contributed by atoms with E-state index in [1.54, 1.807) is 6.33 Å². The predicted octanol–water partition coefficient (Wildman–Crippen LogP) is 2.15. The van der Waals surface area contributed by atoms with Crippen molar-refractivity contribution in [3.63, 3.8) is 0 Å². The number of H-pyrrole nitrogens is 1. The summed E-state index contributed by atoms with van der Waals surface area (Å²) in [5.41, 5.74) is 9.73. The molecule has 1 aromatic carbocycles. The lowest BCUT2D eigenvalue weighted by Crippen LogP contribution is -2.25. The second kappa shape index (κ2) is 2.42. The standard InChI is InChI=1S/C12H15N3/c1-11(2)6-12(11,13)8-3-4-9-10(5-8)15-7-14-9/h3-5,7H,6,13H2,1-2H3,(H,14,15). The minimum atomic E-state index is -0.147. The van der Waals surface area contributed by atoms with Crippen LogP contribution in [0.3, 0.4) is 0 Å². The van der Waals surface area contributed by atoms with Gasteiger partial charge in [-0.15, -0.1) is 0 Å². The largest absolute Gasteiger partial charge is 0.345 e. The Labute approximate surface area is 88.7 Å². The molecule has 0 bridgehead atoms. The smallest absolute Gasteiger partial charge is 0.0931 e. The average Bonchev–Trinajstić information content (AvgIpc) is 2.61. The monoisotopic (exact) mass is 201 g/mol. The Bertz CT molecular complexity index is 526. The number of hydrogen-bond donors (Lipinski definition) is 2. The molecule has 1 aliphatic carbocycles. The molecular weight excluding hydrogens is 186 g/mol. The van der Waals surface area contributed by atoms with E-state index < -0.39 is 0 Å². The molecule has 1 saturated carbocycles.